The van der Waals surface area contributed by atoms with Gasteiger partial charge >= 0.3 is 0 Å². The van der Waals surface area contributed by atoms with E-state index in [4.69, 9.17) is 5.73 Å². The predicted octanol–water partition coefficient (Wildman–Crippen LogP) is 0.610. The van der Waals surface area contributed by atoms with E-state index in [1.54, 1.807) is 6.07 Å². The molecule has 1 atom stereocenters. The monoisotopic (exact) mass is 270 g/mol. The molecular formula is C11H18N4O2S. The fourth-order valence-electron chi connectivity index (χ4n) is 2.05. The van der Waals surface area contributed by atoms with Crippen molar-refractivity contribution in [3.63, 3.8) is 0 Å². The molecule has 1 fully saturated rings. The maximum Gasteiger partial charge on any atom is 0.152 e. The van der Waals surface area contributed by atoms with Gasteiger partial charge in [-0.1, -0.05) is 6.92 Å². The Kier molecular flexibility index (Phi) is 3.70. The largest absolute Gasteiger partial charge is 0.384 e. The van der Waals surface area contributed by atoms with Crippen LogP contribution in [0.2, 0.25) is 0 Å². The Bertz CT molecular complexity index is 530. The zero-order valence-electron chi connectivity index (χ0n) is 10.4. The quantitative estimate of drug-likeness (QED) is 0.832. The number of nitrogens with zero attached hydrogens (tertiary/aromatic N) is 2. The molecule has 2 rings (SSSR count). The second-order valence-electron chi connectivity index (χ2n) is 4.59. The summed E-state index contributed by atoms with van der Waals surface area (Å²) in [6.45, 7) is 2.04. The van der Waals surface area contributed by atoms with E-state index >= 15 is 0 Å². The summed E-state index contributed by atoms with van der Waals surface area (Å²) in [5.41, 5.74) is 5.71. The fourth-order valence-corrected chi connectivity index (χ4v) is 3.72. The van der Waals surface area contributed by atoms with Crippen LogP contribution in [-0.2, 0) is 16.3 Å². The summed E-state index contributed by atoms with van der Waals surface area (Å²) in [4.78, 5) is 8.47. The lowest BCUT2D eigenvalue weighted by atomic mass is 10.2. The lowest BCUT2D eigenvalue weighted by Gasteiger charge is -2.12. The summed E-state index contributed by atoms with van der Waals surface area (Å²) in [6, 6.07) is 1.57. The van der Waals surface area contributed by atoms with Gasteiger partial charge in [-0.05, 0) is 12.8 Å². The van der Waals surface area contributed by atoms with Crippen molar-refractivity contribution < 1.29 is 8.42 Å². The normalized spacial score (nSPS) is 21.9. The second-order valence-corrected chi connectivity index (χ2v) is 6.82. The predicted molar refractivity (Wildman–Crippen MR) is 71.1 cm³/mol. The Labute approximate surface area is 107 Å². The van der Waals surface area contributed by atoms with Gasteiger partial charge in [0.05, 0.1) is 11.5 Å². The molecule has 3 N–H and O–H groups in total. The van der Waals surface area contributed by atoms with Crippen LogP contribution in [0.1, 0.15) is 25.6 Å². The van der Waals surface area contributed by atoms with Crippen LogP contribution in [0.5, 0.6) is 0 Å². The highest BCUT2D eigenvalue weighted by atomic mass is 32.2. The Morgan fingerprint density at radius 2 is 2.28 bits per heavy atom. The third kappa shape index (κ3) is 3.32. The molecule has 6 nitrogen and oxygen atoms in total. The first-order valence-corrected chi connectivity index (χ1v) is 7.91. The maximum absolute atomic E-state index is 11.4. The van der Waals surface area contributed by atoms with Gasteiger partial charge in [0.1, 0.15) is 17.5 Å². The first-order chi connectivity index (χ1) is 8.48. The third-order valence-corrected chi connectivity index (χ3v) is 4.62. The van der Waals surface area contributed by atoms with E-state index in [0.717, 1.165) is 12.8 Å². The molecule has 1 aliphatic heterocycles. The molecule has 0 aromatic carbocycles. The lowest BCUT2D eigenvalue weighted by Crippen LogP contribution is -2.21. The van der Waals surface area contributed by atoms with Crippen LogP contribution in [0.3, 0.4) is 0 Å². The van der Waals surface area contributed by atoms with Gasteiger partial charge in [-0.25, -0.2) is 18.4 Å². The van der Waals surface area contributed by atoms with E-state index in [9.17, 15) is 8.42 Å². The molecule has 0 saturated carbocycles. The molecule has 0 aliphatic carbocycles. The molecule has 18 heavy (non-hydrogen) atoms. The van der Waals surface area contributed by atoms with E-state index in [0.29, 0.717) is 23.9 Å². The summed E-state index contributed by atoms with van der Waals surface area (Å²) < 4.78 is 22.7. The molecule has 0 spiro atoms. The number of nitrogens with two attached hydrogens (primary N) is 1. The highest BCUT2D eigenvalue weighted by molar-refractivity contribution is 7.91. The van der Waals surface area contributed by atoms with Gasteiger partial charge in [0.2, 0.25) is 0 Å². The Hall–Kier alpha value is -1.37. The molecule has 0 amide bonds. The van der Waals surface area contributed by atoms with Gasteiger partial charge in [0, 0.05) is 18.5 Å². The standard InChI is InChI=1S/C11H18N4O2S/c1-2-3-10-14-9(12)6-11(15-10)13-8-4-5-18(16,17)7-8/h6,8H,2-5,7H2,1H3,(H3,12,13,14,15). The molecule has 0 radical (unpaired) electrons. The minimum Gasteiger partial charge on any atom is -0.384 e. The topological polar surface area (TPSA) is 98.0 Å². The number of aryl methyl sites for hydroxylation is 1. The average Bonchev–Trinajstić information content (AvgIpc) is 2.57. The molecule has 1 aliphatic rings. The maximum atomic E-state index is 11.4. The molecule has 1 aromatic rings. The van der Waals surface area contributed by atoms with Crippen LogP contribution < -0.4 is 11.1 Å². The minimum atomic E-state index is -2.88. The summed E-state index contributed by atoms with van der Waals surface area (Å²) in [5.74, 6) is 2.14. The first kappa shape index (κ1) is 13.1. The Morgan fingerprint density at radius 1 is 1.50 bits per heavy atom. The number of rotatable bonds is 4. The van der Waals surface area contributed by atoms with Gasteiger partial charge in [-0.3, -0.25) is 0 Å². The van der Waals surface area contributed by atoms with E-state index in [1.807, 2.05) is 6.92 Å². The number of anilines is 2. The van der Waals surface area contributed by atoms with Crippen LogP contribution in [0.25, 0.3) is 0 Å². The first-order valence-electron chi connectivity index (χ1n) is 6.09. The van der Waals surface area contributed by atoms with Crippen molar-refractivity contribution in [2.45, 2.75) is 32.2 Å². The molecule has 1 unspecified atom stereocenters. The van der Waals surface area contributed by atoms with Crippen LogP contribution in [0, 0.1) is 0 Å². The highest BCUT2D eigenvalue weighted by Crippen LogP contribution is 2.17. The van der Waals surface area contributed by atoms with Crippen LogP contribution in [0.4, 0.5) is 11.6 Å². The van der Waals surface area contributed by atoms with Crippen molar-refractivity contribution in [3.05, 3.63) is 11.9 Å². The Morgan fingerprint density at radius 3 is 2.89 bits per heavy atom. The van der Waals surface area contributed by atoms with E-state index < -0.39 is 9.84 Å². The van der Waals surface area contributed by atoms with E-state index in [-0.39, 0.29) is 17.5 Å². The third-order valence-electron chi connectivity index (χ3n) is 2.85. The molecule has 1 aromatic heterocycles. The van der Waals surface area contributed by atoms with Crippen molar-refractivity contribution in [3.8, 4) is 0 Å². The molecule has 0 bridgehead atoms. The SMILES string of the molecule is CCCc1nc(N)cc(NC2CCS(=O)(=O)C2)n1. The average molecular weight is 270 g/mol. The summed E-state index contributed by atoms with van der Waals surface area (Å²) in [7, 11) is -2.88. The molecule has 1 saturated heterocycles. The number of nitrogen functional groups attached to an aromatic ring is 1. The minimum absolute atomic E-state index is 0.0706. The zero-order chi connectivity index (χ0) is 13.2. The number of nitrogens with one attached hydrogen (secondary N) is 1. The number of sulfone groups is 1. The van der Waals surface area contributed by atoms with Crippen molar-refractivity contribution >= 4 is 21.5 Å². The van der Waals surface area contributed by atoms with Crippen molar-refractivity contribution in [1.29, 1.82) is 0 Å². The van der Waals surface area contributed by atoms with Gasteiger partial charge in [-0.15, -0.1) is 0 Å². The highest BCUT2D eigenvalue weighted by Gasteiger charge is 2.28. The van der Waals surface area contributed by atoms with E-state index in [2.05, 4.69) is 15.3 Å². The number of aromatic nitrogens is 2. The molecule has 100 valence electrons. The lowest BCUT2D eigenvalue weighted by molar-refractivity contribution is 0.602. The van der Waals surface area contributed by atoms with Crippen molar-refractivity contribution in [1.82, 2.24) is 9.97 Å². The second kappa shape index (κ2) is 5.09. The van der Waals surface area contributed by atoms with Crippen molar-refractivity contribution in [2.24, 2.45) is 0 Å². The molecule has 2 heterocycles. The zero-order valence-corrected chi connectivity index (χ0v) is 11.2. The molecule has 7 heteroatoms. The van der Waals surface area contributed by atoms with Crippen LogP contribution >= 0.6 is 0 Å². The smallest absolute Gasteiger partial charge is 0.152 e. The van der Waals surface area contributed by atoms with Gasteiger partial charge in [0.15, 0.2) is 9.84 Å². The fraction of sp³-hybridized carbons (Fsp3) is 0.636. The van der Waals surface area contributed by atoms with Crippen molar-refractivity contribution in [2.75, 3.05) is 22.6 Å². The van der Waals surface area contributed by atoms with Crippen LogP contribution in [0.15, 0.2) is 6.07 Å². The Balaban J connectivity index is 2.09. The van der Waals surface area contributed by atoms with E-state index in [1.165, 1.54) is 0 Å². The summed E-state index contributed by atoms with van der Waals surface area (Å²) >= 11 is 0. The van der Waals surface area contributed by atoms with Gasteiger partial charge < -0.3 is 11.1 Å². The summed E-state index contributed by atoms with van der Waals surface area (Å²) in [5, 5.41) is 3.13. The number of hydrogen-bond donors (Lipinski definition) is 2. The van der Waals surface area contributed by atoms with Gasteiger partial charge in [-0.2, -0.15) is 0 Å². The number of hydrogen-bond acceptors (Lipinski definition) is 6. The van der Waals surface area contributed by atoms with Crippen LogP contribution in [-0.4, -0.2) is 35.9 Å². The summed E-state index contributed by atoms with van der Waals surface area (Å²) in [6.07, 6.45) is 2.33. The van der Waals surface area contributed by atoms with Gasteiger partial charge in [0.25, 0.3) is 0 Å². The molecular weight excluding hydrogens is 252 g/mol.